The van der Waals surface area contributed by atoms with Gasteiger partial charge in [-0.15, -0.1) is 11.3 Å². The molecule has 2 aromatic heterocycles. The van der Waals surface area contributed by atoms with Crippen molar-refractivity contribution in [3.05, 3.63) is 101 Å². The van der Waals surface area contributed by atoms with E-state index in [0.717, 1.165) is 38.2 Å². The van der Waals surface area contributed by atoms with Gasteiger partial charge in [0, 0.05) is 22.0 Å². The van der Waals surface area contributed by atoms with E-state index in [0.29, 0.717) is 16.1 Å². The van der Waals surface area contributed by atoms with Gasteiger partial charge in [0.1, 0.15) is 16.3 Å². The smallest absolute Gasteiger partial charge is 0.265 e. The van der Waals surface area contributed by atoms with Gasteiger partial charge in [0.25, 0.3) is 5.91 Å². The highest BCUT2D eigenvalue weighted by Gasteiger charge is 2.13. The van der Waals surface area contributed by atoms with E-state index in [4.69, 9.17) is 9.47 Å². The summed E-state index contributed by atoms with van der Waals surface area (Å²) in [6.07, 6.45) is 3.27. The number of carbonyl (C=O) groups is 2. The molecule has 0 atom stereocenters. The highest BCUT2D eigenvalue weighted by atomic mass is 32.1. The first-order chi connectivity index (χ1) is 17.5. The van der Waals surface area contributed by atoms with Crippen LogP contribution in [0.1, 0.15) is 25.6 Å². The van der Waals surface area contributed by atoms with Crippen molar-refractivity contribution >= 4 is 55.9 Å². The number of benzene rings is 3. The summed E-state index contributed by atoms with van der Waals surface area (Å²) in [4.78, 5) is 31.4. The van der Waals surface area contributed by atoms with Crippen LogP contribution < -0.4 is 14.8 Å². The van der Waals surface area contributed by atoms with Gasteiger partial charge in [0.2, 0.25) is 0 Å². The molecule has 36 heavy (non-hydrogen) atoms. The van der Waals surface area contributed by atoms with E-state index >= 15 is 0 Å². The topological polar surface area (TPSA) is 77.5 Å². The number of hydrogen-bond acceptors (Lipinski definition) is 6. The maximum absolute atomic E-state index is 12.9. The number of nitrogens with one attached hydrogen (secondary N) is 1. The number of hydrogen-bond donors (Lipinski definition) is 1. The molecule has 0 aliphatic heterocycles. The van der Waals surface area contributed by atoms with Crippen LogP contribution in [-0.4, -0.2) is 30.9 Å². The van der Waals surface area contributed by atoms with Crippen LogP contribution in [0.25, 0.3) is 27.2 Å². The maximum atomic E-state index is 12.9. The number of ketones is 1. The van der Waals surface area contributed by atoms with Gasteiger partial charge in [-0.05, 0) is 78.4 Å². The number of thiophene rings is 1. The summed E-state index contributed by atoms with van der Waals surface area (Å²) in [6, 6.07) is 23.8. The summed E-state index contributed by atoms with van der Waals surface area (Å²) in [5.74, 6) is 1.13. The van der Waals surface area contributed by atoms with Gasteiger partial charge in [-0.25, -0.2) is 4.98 Å². The second kappa shape index (κ2) is 10.0. The predicted octanol–water partition coefficient (Wildman–Crippen LogP) is 6.62. The fourth-order valence-electron chi connectivity index (χ4n) is 3.78. The lowest BCUT2D eigenvalue weighted by molar-refractivity contribution is 0.102. The van der Waals surface area contributed by atoms with Crippen LogP contribution in [0, 0.1) is 0 Å². The molecule has 7 heteroatoms. The Morgan fingerprint density at radius 3 is 2.42 bits per heavy atom. The van der Waals surface area contributed by atoms with Crippen molar-refractivity contribution in [2.24, 2.45) is 0 Å². The van der Waals surface area contributed by atoms with Crippen molar-refractivity contribution in [1.82, 2.24) is 4.98 Å². The van der Waals surface area contributed by atoms with Gasteiger partial charge in [0.05, 0.1) is 24.6 Å². The van der Waals surface area contributed by atoms with Gasteiger partial charge >= 0.3 is 0 Å². The second-order valence-corrected chi connectivity index (χ2v) is 9.09. The third kappa shape index (κ3) is 4.96. The van der Waals surface area contributed by atoms with Gasteiger partial charge < -0.3 is 14.8 Å². The zero-order valence-corrected chi connectivity index (χ0v) is 20.5. The van der Waals surface area contributed by atoms with Crippen LogP contribution in [0.4, 0.5) is 5.69 Å². The average molecular weight is 495 g/mol. The number of methoxy groups -OCH3 is 2. The summed E-state index contributed by atoms with van der Waals surface area (Å²) in [6.45, 7) is 0. The number of fused-ring (bicyclic) bond motifs is 2. The number of amides is 1. The van der Waals surface area contributed by atoms with E-state index in [1.807, 2.05) is 54.6 Å². The molecule has 0 saturated heterocycles. The molecule has 5 aromatic rings. The lowest BCUT2D eigenvalue weighted by atomic mass is 10.1. The average Bonchev–Trinajstić information content (AvgIpc) is 3.33. The minimum absolute atomic E-state index is 0.130. The van der Waals surface area contributed by atoms with Crippen molar-refractivity contribution in [3.63, 3.8) is 0 Å². The van der Waals surface area contributed by atoms with Crippen molar-refractivity contribution in [3.8, 4) is 11.5 Å². The Hall–Kier alpha value is -4.49. The number of carbonyl (C=O) groups excluding carboxylic acids is 2. The van der Waals surface area contributed by atoms with Crippen LogP contribution in [-0.2, 0) is 0 Å². The van der Waals surface area contributed by atoms with Crippen LogP contribution in [0.3, 0.4) is 0 Å². The molecule has 5 rings (SSSR count). The molecule has 1 N–H and O–H groups in total. The van der Waals surface area contributed by atoms with E-state index in [2.05, 4.69) is 10.3 Å². The number of nitrogens with zero attached hydrogens (tertiary/aromatic N) is 1. The molecule has 0 spiro atoms. The van der Waals surface area contributed by atoms with E-state index in [1.54, 1.807) is 44.6 Å². The van der Waals surface area contributed by atoms with Crippen molar-refractivity contribution in [1.29, 1.82) is 0 Å². The molecular weight excluding hydrogens is 472 g/mol. The van der Waals surface area contributed by atoms with Crippen LogP contribution >= 0.6 is 11.3 Å². The highest BCUT2D eigenvalue weighted by molar-refractivity contribution is 7.20. The summed E-state index contributed by atoms with van der Waals surface area (Å²) in [5.41, 5.74) is 2.85. The van der Waals surface area contributed by atoms with E-state index in [9.17, 15) is 9.59 Å². The highest BCUT2D eigenvalue weighted by Crippen LogP contribution is 2.29. The molecule has 0 fully saturated rings. The molecule has 0 aliphatic rings. The fraction of sp³-hybridized carbons (Fsp3) is 0.0690. The first-order valence-corrected chi connectivity index (χ1v) is 12.0. The zero-order chi connectivity index (χ0) is 25.1. The van der Waals surface area contributed by atoms with Gasteiger partial charge in [-0.3, -0.25) is 9.59 Å². The van der Waals surface area contributed by atoms with Gasteiger partial charge in [-0.1, -0.05) is 18.2 Å². The number of rotatable bonds is 7. The quantitative estimate of drug-likeness (QED) is 0.203. The van der Waals surface area contributed by atoms with E-state index in [1.165, 1.54) is 17.4 Å². The summed E-state index contributed by atoms with van der Waals surface area (Å²) >= 11 is 1.34. The SMILES string of the molecule is COc1cccc(/C=C/C(=O)c2ccc(NC(=O)c3cc4cc5cc(OC)ccc5nc4s3)cc2)c1. The van der Waals surface area contributed by atoms with E-state index < -0.39 is 0 Å². The minimum atomic E-state index is -0.225. The predicted molar refractivity (Wildman–Crippen MR) is 144 cm³/mol. The standard InChI is InChI=1S/C29H22N2O4S/c1-34-23-5-3-4-18(14-23)6-13-26(32)19-7-9-22(10-8-19)30-28(33)27-17-21-15-20-16-24(35-2)11-12-25(20)31-29(21)36-27/h3-17H,1-2H3,(H,30,33)/b13-6+. The lowest BCUT2D eigenvalue weighted by Crippen LogP contribution is -2.10. The van der Waals surface area contributed by atoms with Crippen molar-refractivity contribution < 1.29 is 19.1 Å². The Morgan fingerprint density at radius 1 is 0.861 bits per heavy atom. The Balaban J connectivity index is 1.28. The molecule has 0 radical (unpaired) electrons. The molecule has 0 unspecified atom stereocenters. The number of pyridine rings is 1. The van der Waals surface area contributed by atoms with Crippen LogP contribution in [0.5, 0.6) is 11.5 Å². The maximum Gasteiger partial charge on any atom is 0.265 e. The van der Waals surface area contributed by atoms with Crippen LogP contribution in [0.2, 0.25) is 0 Å². The summed E-state index contributed by atoms with van der Waals surface area (Å²) in [7, 11) is 3.23. The molecule has 3 aromatic carbocycles. The monoisotopic (exact) mass is 494 g/mol. The molecule has 2 heterocycles. The molecular formula is C29H22N2O4S. The molecule has 0 bridgehead atoms. The van der Waals surface area contributed by atoms with Gasteiger partial charge in [-0.2, -0.15) is 0 Å². The minimum Gasteiger partial charge on any atom is -0.497 e. The lowest BCUT2D eigenvalue weighted by Gasteiger charge is -2.04. The normalized spacial score (nSPS) is 11.2. The van der Waals surface area contributed by atoms with Crippen molar-refractivity contribution in [2.45, 2.75) is 0 Å². The third-order valence-corrected chi connectivity index (χ3v) is 6.72. The Kier molecular flexibility index (Phi) is 6.47. The van der Waals surface area contributed by atoms with Crippen molar-refractivity contribution in [2.75, 3.05) is 19.5 Å². The largest absolute Gasteiger partial charge is 0.497 e. The zero-order valence-electron chi connectivity index (χ0n) is 19.6. The van der Waals surface area contributed by atoms with Crippen LogP contribution in [0.15, 0.2) is 84.9 Å². The summed E-state index contributed by atoms with van der Waals surface area (Å²) < 4.78 is 10.5. The molecule has 0 aliphatic carbocycles. The fourth-order valence-corrected chi connectivity index (χ4v) is 4.69. The third-order valence-electron chi connectivity index (χ3n) is 5.68. The molecule has 1 amide bonds. The first kappa shape index (κ1) is 23.3. The Morgan fingerprint density at radius 2 is 1.64 bits per heavy atom. The Bertz CT molecular complexity index is 1620. The number of allylic oxidation sites excluding steroid dienone is 1. The number of aromatic nitrogens is 1. The molecule has 0 saturated carbocycles. The second-order valence-electron chi connectivity index (χ2n) is 8.06. The first-order valence-electron chi connectivity index (χ1n) is 11.2. The molecule has 178 valence electrons. The molecule has 6 nitrogen and oxygen atoms in total. The Labute approximate surface area is 211 Å². The van der Waals surface area contributed by atoms with E-state index in [-0.39, 0.29) is 11.7 Å². The van der Waals surface area contributed by atoms with Gasteiger partial charge in [0.15, 0.2) is 5.78 Å². The number of anilines is 1. The summed E-state index contributed by atoms with van der Waals surface area (Å²) in [5, 5.41) is 4.75. The number of ether oxygens (including phenoxy) is 2.